The minimum Gasteiger partial charge on any atom is -0.455 e. The molecule has 0 atom stereocenters. The van der Waals surface area contributed by atoms with E-state index in [1.54, 1.807) is 0 Å². The van der Waals surface area contributed by atoms with Crippen LogP contribution in [0.25, 0.3) is 55.3 Å². The lowest BCUT2D eigenvalue weighted by molar-refractivity contribution is 0.670. The molecule has 0 unspecified atom stereocenters. The summed E-state index contributed by atoms with van der Waals surface area (Å²) >= 11 is 0. The number of anilines is 3. The Labute approximate surface area is 338 Å². The Kier molecular flexibility index (Phi) is 6.81. The summed E-state index contributed by atoms with van der Waals surface area (Å²) in [4.78, 5) is 2.01. The molecule has 1 aliphatic rings. The number of benzene rings is 9. The van der Waals surface area contributed by atoms with Gasteiger partial charge in [0.05, 0.1) is 16.6 Å². The molecule has 1 aliphatic carbocycles. The first-order valence-corrected chi connectivity index (χ1v) is 19.3. The lowest BCUT2D eigenvalue weighted by atomic mass is 9.67. The molecule has 2 nitrogen and oxygen atoms in total. The van der Waals surface area contributed by atoms with Gasteiger partial charge < -0.3 is 9.32 Å². The molecule has 11 rings (SSSR count). The largest absolute Gasteiger partial charge is 0.455 e. The Bertz CT molecular complexity index is 3250. The summed E-state index contributed by atoms with van der Waals surface area (Å²) < 4.78 is 43.3. The zero-order valence-corrected chi connectivity index (χ0v) is 30.9. The number of hydrogen-bond acceptors (Lipinski definition) is 2. The highest BCUT2D eigenvalue weighted by molar-refractivity contribution is 6.09. The number of nitrogens with zero attached hydrogens (tertiary/aromatic N) is 1. The summed E-state index contributed by atoms with van der Waals surface area (Å²) in [6.45, 7) is 0. The van der Waals surface area contributed by atoms with Crippen LogP contribution in [-0.4, -0.2) is 0 Å². The maximum Gasteiger partial charge on any atom is 0.143 e. The van der Waals surface area contributed by atoms with E-state index in [1.165, 1.54) is 5.56 Å². The van der Waals surface area contributed by atoms with E-state index in [0.717, 1.165) is 72.3 Å². The molecule has 268 valence electrons. The first kappa shape index (κ1) is 28.9. The van der Waals surface area contributed by atoms with Crippen molar-refractivity contribution in [3.63, 3.8) is 0 Å². The quantitative estimate of drug-likeness (QED) is 0.162. The molecular weight excluding hydrogens is 691 g/mol. The topological polar surface area (TPSA) is 16.4 Å². The van der Waals surface area contributed by atoms with Crippen LogP contribution in [0, 0.1) is 0 Å². The molecule has 57 heavy (non-hydrogen) atoms. The van der Waals surface area contributed by atoms with Crippen LogP contribution in [0.15, 0.2) is 229 Å². The van der Waals surface area contributed by atoms with Crippen molar-refractivity contribution >= 4 is 39.0 Å². The van der Waals surface area contributed by atoms with Crippen LogP contribution >= 0.6 is 0 Å². The lowest BCUT2D eigenvalue weighted by Gasteiger charge is -2.35. The molecule has 0 fully saturated rings. The predicted molar refractivity (Wildman–Crippen MR) is 237 cm³/mol. The van der Waals surface area contributed by atoms with Gasteiger partial charge in [0.15, 0.2) is 0 Å². The highest BCUT2D eigenvalue weighted by atomic mass is 16.3. The average molecular weight is 732 g/mol. The summed E-state index contributed by atoms with van der Waals surface area (Å²) in [6, 6.07) is 67.6. The van der Waals surface area contributed by atoms with Crippen molar-refractivity contribution in [1.82, 2.24) is 0 Å². The molecule has 0 saturated carbocycles. The Morgan fingerprint density at radius 3 is 1.77 bits per heavy atom. The number of para-hydroxylation sites is 3. The number of hydrogen-bond donors (Lipinski definition) is 0. The molecule has 0 N–H and O–H groups in total. The monoisotopic (exact) mass is 731 g/mol. The summed E-state index contributed by atoms with van der Waals surface area (Å²) in [5.74, 6) is 0. The third kappa shape index (κ3) is 5.18. The van der Waals surface area contributed by atoms with Crippen molar-refractivity contribution in [3.05, 3.63) is 247 Å². The highest BCUT2D eigenvalue weighted by Crippen LogP contribution is 2.57. The van der Waals surface area contributed by atoms with Gasteiger partial charge in [0.2, 0.25) is 0 Å². The molecule has 9 aromatic carbocycles. The van der Waals surface area contributed by atoms with Gasteiger partial charge in [-0.1, -0.05) is 188 Å². The second kappa shape index (κ2) is 13.4. The van der Waals surface area contributed by atoms with Crippen LogP contribution < -0.4 is 4.90 Å². The van der Waals surface area contributed by atoms with Crippen molar-refractivity contribution < 1.29 is 9.90 Å². The fourth-order valence-electron chi connectivity index (χ4n) is 9.03. The van der Waals surface area contributed by atoms with Crippen LogP contribution in [0.5, 0.6) is 0 Å². The van der Waals surface area contributed by atoms with Crippen LogP contribution in [0.4, 0.5) is 17.1 Å². The van der Waals surface area contributed by atoms with Crippen molar-refractivity contribution in [2.24, 2.45) is 0 Å². The van der Waals surface area contributed by atoms with E-state index >= 15 is 0 Å². The fraction of sp³-hybridized carbons (Fsp3) is 0.0182. The van der Waals surface area contributed by atoms with E-state index in [9.17, 15) is 2.74 Å². The van der Waals surface area contributed by atoms with Crippen molar-refractivity contribution in [2.45, 2.75) is 5.41 Å². The molecule has 1 heterocycles. The number of furan rings is 1. The second-order valence-corrected chi connectivity index (χ2v) is 14.5. The van der Waals surface area contributed by atoms with E-state index in [4.69, 9.17) is 7.16 Å². The first-order chi connectivity index (χ1) is 29.9. The molecule has 1 aromatic heterocycles. The molecule has 0 amide bonds. The summed E-state index contributed by atoms with van der Waals surface area (Å²) in [7, 11) is 0. The van der Waals surface area contributed by atoms with Gasteiger partial charge in [-0.3, -0.25) is 0 Å². The standard InChI is InChI=1S/C55H37NO/c1-4-17-38(18-5-1)44-23-11-14-29-52(44)56(42-33-31-39(32-34-42)45-26-16-27-49-48-25-12-15-30-53(48)57-54(45)49)43-35-36-47-46-24-10-13-28-50(46)55(51(47)37-43,40-19-6-2-7-20-40)41-21-8-3-9-22-41/h1-37H/i11D,14D,23D,29D. The normalized spacial score (nSPS) is 13.7. The molecule has 0 radical (unpaired) electrons. The maximum atomic E-state index is 9.63. The summed E-state index contributed by atoms with van der Waals surface area (Å²) in [5, 5.41) is 2.11. The van der Waals surface area contributed by atoms with Gasteiger partial charge in [-0.05, 0) is 80.9 Å². The van der Waals surface area contributed by atoms with Gasteiger partial charge in [-0.15, -0.1) is 0 Å². The Morgan fingerprint density at radius 1 is 0.421 bits per heavy atom. The third-order valence-corrected chi connectivity index (χ3v) is 11.5. The van der Waals surface area contributed by atoms with Crippen molar-refractivity contribution in [2.75, 3.05) is 4.90 Å². The van der Waals surface area contributed by atoms with Crippen LogP contribution in [0.2, 0.25) is 0 Å². The predicted octanol–water partition coefficient (Wildman–Crippen LogP) is 14.8. The average Bonchev–Trinajstić information content (AvgIpc) is 3.85. The van der Waals surface area contributed by atoms with E-state index in [0.29, 0.717) is 16.8 Å². The Balaban J connectivity index is 1.19. The van der Waals surface area contributed by atoms with E-state index in [-0.39, 0.29) is 24.2 Å². The van der Waals surface area contributed by atoms with E-state index in [2.05, 4.69) is 127 Å². The van der Waals surface area contributed by atoms with Gasteiger partial charge in [0, 0.05) is 33.3 Å². The van der Waals surface area contributed by atoms with Gasteiger partial charge in [-0.25, -0.2) is 0 Å². The maximum absolute atomic E-state index is 9.63. The summed E-state index contributed by atoms with van der Waals surface area (Å²) in [5.41, 5.74) is 12.7. The first-order valence-electron chi connectivity index (χ1n) is 21.3. The van der Waals surface area contributed by atoms with Gasteiger partial charge in [0.1, 0.15) is 11.2 Å². The Morgan fingerprint density at radius 2 is 1.00 bits per heavy atom. The number of rotatable bonds is 7. The van der Waals surface area contributed by atoms with Crippen molar-refractivity contribution in [1.29, 1.82) is 0 Å². The zero-order valence-electron chi connectivity index (χ0n) is 34.9. The van der Waals surface area contributed by atoms with Gasteiger partial charge in [-0.2, -0.15) is 0 Å². The molecule has 0 aliphatic heterocycles. The molecule has 2 heteroatoms. The van der Waals surface area contributed by atoms with Crippen LogP contribution in [-0.2, 0) is 5.41 Å². The Hall–Kier alpha value is -7.42. The van der Waals surface area contributed by atoms with Crippen molar-refractivity contribution in [3.8, 4) is 33.4 Å². The third-order valence-electron chi connectivity index (χ3n) is 11.5. The van der Waals surface area contributed by atoms with Gasteiger partial charge in [0.25, 0.3) is 0 Å². The van der Waals surface area contributed by atoms with Crippen LogP contribution in [0.1, 0.15) is 27.7 Å². The molecular formula is C55H37NO. The van der Waals surface area contributed by atoms with Crippen LogP contribution in [0.3, 0.4) is 0 Å². The SMILES string of the molecule is [2H]c1c([2H])c([2H])c(N(c2ccc(-c3cccc4c3oc3ccccc34)cc2)c2ccc3c(c2)C(c2ccccc2)(c2ccccc2)c2ccccc2-3)c(-c2ccccc2)c1[2H]. The number of fused-ring (bicyclic) bond motifs is 6. The lowest BCUT2D eigenvalue weighted by Crippen LogP contribution is -2.28. The highest BCUT2D eigenvalue weighted by Gasteiger charge is 2.46. The summed E-state index contributed by atoms with van der Waals surface area (Å²) in [6.07, 6.45) is 0. The zero-order chi connectivity index (χ0) is 41.2. The second-order valence-electron chi connectivity index (χ2n) is 14.5. The smallest absolute Gasteiger partial charge is 0.143 e. The fourth-order valence-corrected chi connectivity index (χ4v) is 9.03. The molecule has 10 aromatic rings. The molecule has 0 bridgehead atoms. The minimum absolute atomic E-state index is 0.100. The van der Waals surface area contributed by atoms with Gasteiger partial charge >= 0.3 is 0 Å². The van der Waals surface area contributed by atoms with E-state index in [1.807, 2.05) is 77.7 Å². The minimum atomic E-state index is -0.677. The van der Waals surface area contributed by atoms with E-state index < -0.39 is 5.41 Å². The molecule has 0 saturated heterocycles. The molecule has 0 spiro atoms.